The van der Waals surface area contributed by atoms with Gasteiger partial charge in [0.1, 0.15) is 0 Å². The molecule has 0 saturated heterocycles. The van der Waals surface area contributed by atoms with Crippen molar-refractivity contribution in [3.8, 4) is 0 Å². The van der Waals surface area contributed by atoms with Crippen molar-refractivity contribution < 1.29 is 18.8 Å². The highest BCUT2D eigenvalue weighted by Gasteiger charge is 2.49. The molecule has 1 rings (SSSR count). The summed E-state index contributed by atoms with van der Waals surface area (Å²) in [5.41, 5.74) is -0.998. The molecule has 16 heavy (non-hydrogen) atoms. The number of hydrogen-bond donors (Lipinski definition) is 1. The van der Waals surface area contributed by atoms with E-state index >= 15 is 0 Å². The maximum Gasteiger partial charge on any atom is 0.495 e. The topological polar surface area (TPSA) is 55.8 Å². The van der Waals surface area contributed by atoms with E-state index in [2.05, 4.69) is 0 Å². The zero-order valence-electron chi connectivity index (χ0n) is 9.47. The fourth-order valence-electron chi connectivity index (χ4n) is 1.52. The SMILES string of the molecule is CCO[Si](OCC)(C(=O)O)c1ccccc1. The highest BCUT2D eigenvalue weighted by molar-refractivity contribution is 7.04. The Bertz CT molecular complexity index is 333. The van der Waals surface area contributed by atoms with Gasteiger partial charge in [-0.1, -0.05) is 30.3 Å². The first-order valence-electron chi connectivity index (χ1n) is 5.24. The standard InChI is InChI=1S/C11H16O4Si/c1-3-14-16(11(12)13,15-4-2)10-8-6-5-7-9-10/h5-9H,3-4H2,1-2H3,(H,12,13). The molecule has 0 unspecified atom stereocenters. The Morgan fingerprint density at radius 2 is 1.69 bits per heavy atom. The Kier molecular flexibility index (Phi) is 4.66. The van der Waals surface area contributed by atoms with Crippen molar-refractivity contribution in [2.24, 2.45) is 0 Å². The minimum absolute atomic E-state index is 0.327. The van der Waals surface area contributed by atoms with Gasteiger partial charge in [-0.05, 0) is 13.8 Å². The number of carbonyl (C=O) groups is 1. The summed E-state index contributed by atoms with van der Waals surface area (Å²) in [6.45, 7) is 4.19. The third kappa shape index (κ3) is 2.49. The first-order valence-corrected chi connectivity index (χ1v) is 7.05. The fraction of sp³-hybridized carbons (Fsp3) is 0.364. The van der Waals surface area contributed by atoms with E-state index in [0.717, 1.165) is 0 Å². The number of carboxylic acid groups (broad SMARTS) is 1. The summed E-state index contributed by atoms with van der Waals surface area (Å²) in [6, 6.07) is 8.90. The van der Waals surface area contributed by atoms with Gasteiger partial charge in [0.25, 0.3) is 0 Å². The summed E-state index contributed by atoms with van der Waals surface area (Å²) in [5, 5.41) is 9.98. The van der Waals surface area contributed by atoms with E-state index in [0.29, 0.717) is 18.4 Å². The molecule has 1 N–H and O–H groups in total. The first kappa shape index (κ1) is 12.9. The zero-order chi connectivity index (χ0) is 12.0. The van der Waals surface area contributed by atoms with Crippen LogP contribution in [0.3, 0.4) is 0 Å². The quantitative estimate of drug-likeness (QED) is 0.768. The number of rotatable bonds is 6. The van der Waals surface area contributed by atoms with Crippen molar-refractivity contribution in [1.29, 1.82) is 0 Å². The summed E-state index contributed by atoms with van der Waals surface area (Å²) in [4.78, 5) is 11.4. The molecule has 0 aliphatic carbocycles. The smallest absolute Gasteiger partial charge is 0.481 e. The van der Waals surface area contributed by atoms with E-state index < -0.39 is 14.2 Å². The summed E-state index contributed by atoms with van der Waals surface area (Å²) < 4.78 is 10.9. The molecule has 0 fully saturated rings. The predicted molar refractivity (Wildman–Crippen MR) is 63.1 cm³/mol. The maximum absolute atomic E-state index is 11.4. The van der Waals surface area contributed by atoms with E-state index in [9.17, 15) is 9.90 Å². The molecule has 1 aromatic rings. The van der Waals surface area contributed by atoms with Crippen LogP contribution in [-0.2, 0) is 8.85 Å². The van der Waals surface area contributed by atoms with Crippen LogP contribution >= 0.6 is 0 Å². The Morgan fingerprint density at radius 1 is 1.19 bits per heavy atom. The molecule has 0 aromatic heterocycles. The van der Waals surface area contributed by atoms with Crippen molar-refractivity contribution in [1.82, 2.24) is 0 Å². The molecule has 5 heteroatoms. The summed E-state index contributed by atoms with van der Waals surface area (Å²) in [5.74, 6) is 0. The van der Waals surface area contributed by atoms with Crippen LogP contribution in [0.2, 0.25) is 0 Å². The van der Waals surface area contributed by atoms with Gasteiger partial charge in [0, 0.05) is 18.4 Å². The molecule has 1 aromatic carbocycles. The van der Waals surface area contributed by atoms with E-state index in [1.807, 2.05) is 6.07 Å². The van der Waals surface area contributed by atoms with E-state index in [1.54, 1.807) is 38.1 Å². The van der Waals surface area contributed by atoms with Gasteiger partial charge < -0.3 is 14.0 Å². The molecule has 4 nitrogen and oxygen atoms in total. The lowest BCUT2D eigenvalue weighted by molar-refractivity contribution is 0.165. The normalized spacial score (nSPS) is 11.4. The van der Waals surface area contributed by atoms with Crippen LogP contribution in [0.25, 0.3) is 0 Å². The largest absolute Gasteiger partial charge is 0.495 e. The van der Waals surface area contributed by atoms with Crippen molar-refractivity contribution in [3.05, 3.63) is 30.3 Å². The number of benzene rings is 1. The second-order valence-corrected chi connectivity index (χ2v) is 5.97. The molecule has 0 bridgehead atoms. The minimum Gasteiger partial charge on any atom is -0.481 e. The minimum atomic E-state index is -3.33. The van der Waals surface area contributed by atoms with Gasteiger partial charge in [0.05, 0.1) is 0 Å². The summed E-state index contributed by atoms with van der Waals surface area (Å²) >= 11 is 0. The van der Waals surface area contributed by atoms with Crippen LogP contribution in [0.4, 0.5) is 4.79 Å². The molecule has 0 saturated carbocycles. The van der Waals surface area contributed by atoms with Gasteiger partial charge in [-0.15, -0.1) is 0 Å². The van der Waals surface area contributed by atoms with Crippen LogP contribution in [0.1, 0.15) is 13.8 Å². The molecular weight excluding hydrogens is 224 g/mol. The second-order valence-electron chi connectivity index (χ2n) is 3.15. The molecule has 88 valence electrons. The van der Waals surface area contributed by atoms with Gasteiger partial charge >= 0.3 is 14.2 Å². The van der Waals surface area contributed by atoms with E-state index in [4.69, 9.17) is 8.85 Å². The lowest BCUT2D eigenvalue weighted by Gasteiger charge is -2.25. The van der Waals surface area contributed by atoms with Crippen LogP contribution in [0, 0.1) is 0 Å². The Hall–Kier alpha value is -1.17. The Balaban J connectivity index is 3.15. The third-order valence-electron chi connectivity index (χ3n) is 2.13. The van der Waals surface area contributed by atoms with Crippen molar-refractivity contribution >= 4 is 19.3 Å². The molecule has 0 aliphatic heterocycles. The van der Waals surface area contributed by atoms with Gasteiger partial charge in [0.2, 0.25) is 0 Å². The Labute approximate surface area is 96.1 Å². The highest BCUT2D eigenvalue weighted by atomic mass is 28.4. The first-order chi connectivity index (χ1) is 7.67. The molecule has 0 spiro atoms. The second kappa shape index (κ2) is 5.79. The lowest BCUT2D eigenvalue weighted by atomic mass is 10.4. The Morgan fingerprint density at radius 3 is 2.06 bits per heavy atom. The summed E-state index contributed by atoms with van der Waals surface area (Å²) in [6.07, 6.45) is 0. The van der Waals surface area contributed by atoms with Crippen LogP contribution in [0.15, 0.2) is 30.3 Å². The van der Waals surface area contributed by atoms with Gasteiger partial charge in [-0.2, -0.15) is 0 Å². The average Bonchev–Trinajstić information content (AvgIpc) is 2.29. The van der Waals surface area contributed by atoms with Crippen molar-refractivity contribution in [2.45, 2.75) is 13.8 Å². The van der Waals surface area contributed by atoms with Gasteiger partial charge in [-0.3, -0.25) is 4.79 Å². The highest BCUT2D eigenvalue weighted by Crippen LogP contribution is 2.10. The zero-order valence-corrected chi connectivity index (χ0v) is 10.5. The summed E-state index contributed by atoms with van der Waals surface area (Å²) in [7, 11) is -3.33. The third-order valence-corrected chi connectivity index (χ3v) is 5.18. The lowest BCUT2D eigenvalue weighted by Crippen LogP contribution is -2.60. The average molecular weight is 240 g/mol. The molecule has 0 radical (unpaired) electrons. The molecule has 0 amide bonds. The van der Waals surface area contributed by atoms with Crippen LogP contribution < -0.4 is 5.19 Å². The monoisotopic (exact) mass is 240 g/mol. The molecular formula is C11H16O4Si. The van der Waals surface area contributed by atoms with E-state index in [-0.39, 0.29) is 0 Å². The van der Waals surface area contributed by atoms with Gasteiger partial charge in [-0.25, -0.2) is 0 Å². The maximum atomic E-state index is 11.4. The van der Waals surface area contributed by atoms with Gasteiger partial charge in [0.15, 0.2) is 0 Å². The molecule has 0 aliphatic rings. The van der Waals surface area contributed by atoms with Crippen LogP contribution in [-0.4, -0.2) is 32.5 Å². The van der Waals surface area contributed by atoms with Crippen molar-refractivity contribution in [2.75, 3.05) is 13.2 Å². The van der Waals surface area contributed by atoms with E-state index in [1.165, 1.54) is 0 Å². The molecule has 0 atom stereocenters. The van der Waals surface area contributed by atoms with Crippen molar-refractivity contribution in [3.63, 3.8) is 0 Å². The predicted octanol–water partition coefficient (Wildman–Crippen LogP) is 1.67. The van der Waals surface area contributed by atoms with Crippen LogP contribution in [0.5, 0.6) is 0 Å². The number of hydrogen-bond acceptors (Lipinski definition) is 3. The molecule has 0 heterocycles. The fourth-order valence-corrected chi connectivity index (χ4v) is 3.87.